The lowest BCUT2D eigenvalue weighted by Crippen LogP contribution is -2.00. The predicted octanol–water partition coefficient (Wildman–Crippen LogP) is 4.36. The van der Waals surface area contributed by atoms with Gasteiger partial charge in [-0.2, -0.15) is 0 Å². The van der Waals surface area contributed by atoms with Gasteiger partial charge < -0.3 is 9.84 Å². The Morgan fingerprint density at radius 3 is 2.50 bits per heavy atom. The molecule has 0 bridgehead atoms. The van der Waals surface area contributed by atoms with Crippen molar-refractivity contribution in [3.8, 4) is 5.75 Å². The summed E-state index contributed by atoms with van der Waals surface area (Å²) in [6.07, 6.45) is -0.882. The van der Waals surface area contributed by atoms with Gasteiger partial charge in [0.05, 0.1) is 6.10 Å². The standard InChI is InChI=1S/C15H13BrF2O2/c1-9(19)13-5-4-12(7-15(13)18)20-8-10-2-3-11(16)6-14(10)17/h2-7,9,19H,8H2,1H3/t9-/m1/s1. The molecule has 2 aromatic carbocycles. The number of benzene rings is 2. The average Bonchev–Trinajstić information content (AvgIpc) is 2.37. The van der Waals surface area contributed by atoms with Gasteiger partial charge in [-0.05, 0) is 31.2 Å². The van der Waals surface area contributed by atoms with Gasteiger partial charge in [0.15, 0.2) is 0 Å². The summed E-state index contributed by atoms with van der Waals surface area (Å²) in [7, 11) is 0. The van der Waals surface area contributed by atoms with Crippen LogP contribution in [0, 0.1) is 11.6 Å². The molecule has 2 rings (SSSR count). The third-order valence-corrected chi connectivity index (χ3v) is 3.32. The molecule has 20 heavy (non-hydrogen) atoms. The number of hydrogen-bond acceptors (Lipinski definition) is 2. The van der Waals surface area contributed by atoms with Gasteiger partial charge in [0, 0.05) is 21.7 Å². The zero-order chi connectivity index (χ0) is 14.7. The molecule has 0 fully saturated rings. The maximum Gasteiger partial charge on any atom is 0.132 e. The first-order valence-electron chi connectivity index (χ1n) is 6.01. The summed E-state index contributed by atoms with van der Waals surface area (Å²) < 4.78 is 33.2. The van der Waals surface area contributed by atoms with Gasteiger partial charge in [-0.1, -0.05) is 22.0 Å². The molecular weight excluding hydrogens is 330 g/mol. The Bertz CT molecular complexity index is 615. The van der Waals surface area contributed by atoms with E-state index in [-0.39, 0.29) is 23.7 Å². The van der Waals surface area contributed by atoms with Gasteiger partial charge in [0.2, 0.25) is 0 Å². The van der Waals surface area contributed by atoms with Crippen molar-refractivity contribution in [2.75, 3.05) is 0 Å². The largest absolute Gasteiger partial charge is 0.489 e. The highest BCUT2D eigenvalue weighted by atomic mass is 79.9. The van der Waals surface area contributed by atoms with Crippen LogP contribution in [-0.4, -0.2) is 5.11 Å². The highest BCUT2D eigenvalue weighted by molar-refractivity contribution is 9.10. The van der Waals surface area contributed by atoms with Crippen LogP contribution in [0.4, 0.5) is 8.78 Å². The van der Waals surface area contributed by atoms with E-state index in [1.54, 1.807) is 18.2 Å². The van der Waals surface area contributed by atoms with Crippen LogP contribution in [0.5, 0.6) is 5.75 Å². The van der Waals surface area contributed by atoms with Crippen molar-refractivity contribution in [1.29, 1.82) is 0 Å². The quantitative estimate of drug-likeness (QED) is 0.894. The van der Waals surface area contributed by atoms with Crippen molar-refractivity contribution >= 4 is 15.9 Å². The van der Waals surface area contributed by atoms with E-state index in [9.17, 15) is 13.9 Å². The molecule has 2 nitrogen and oxygen atoms in total. The molecule has 1 N–H and O–H groups in total. The van der Waals surface area contributed by atoms with Crippen molar-refractivity contribution < 1.29 is 18.6 Å². The number of aliphatic hydroxyl groups excluding tert-OH is 1. The van der Waals surface area contributed by atoms with Gasteiger partial charge in [0.25, 0.3) is 0 Å². The monoisotopic (exact) mass is 342 g/mol. The second-order valence-electron chi connectivity index (χ2n) is 4.38. The Hall–Kier alpha value is -1.46. The zero-order valence-corrected chi connectivity index (χ0v) is 12.3. The van der Waals surface area contributed by atoms with Crippen molar-refractivity contribution in [3.05, 3.63) is 63.6 Å². The van der Waals surface area contributed by atoms with E-state index < -0.39 is 11.9 Å². The van der Waals surface area contributed by atoms with E-state index in [1.807, 2.05) is 0 Å². The van der Waals surface area contributed by atoms with Gasteiger partial charge >= 0.3 is 0 Å². The molecule has 0 aliphatic carbocycles. The molecule has 1 atom stereocenters. The number of halogens is 3. The van der Waals surface area contributed by atoms with E-state index in [4.69, 9.17) is 4.74 Å². The smallest absolute Gasteiger partial charge is 0.132 e. The summed E-state index contributed by atoms with van der Waals surface area (Å²) in [6.45, 7) is 1.49. The van der Waals surface area contributed by atoms with E-state index in [0.717, 1.165) is 0 Å². The van der Waals surface area contributed by atoms with Crippen molar-refractivity contribution in [2.45, 2.75) is 19.6 Å². The number of rotatable bonds is 4. The van der Waals surface area contributed by atoms with Crippen LogP contribution in [0.25, 0.3) is 0 Å². The Kier molecular flexibility index (Phi) is 4.73. The van der Waals surface area contributed by atoms with Crippen LogP contribution in [0.2, 0.25) is 0 Å². The van der Waals surface area contributed by atoms with E-state index >= 15 is 0 Å². The van der Waals surface area contributed by atoms with Crippen LogP contribution >= 0.6 is 15.9 Å². The molecule has 0 unspecified atom stereocenters. The van der Waals surface area contributed by atoms with E-state index in [0.29, 0.717) is 10.0 Å². The Morgan fingerprint density at radius 2 is 1.90 bits per heavy atom. The summed E-state index contributed by atoms with van der Waals surface area (Å²) in [4.78, 5) is 0. The van der Waals surface area contributed by atoms with Crippen molar-refractivity contribution in [3.63, 3.8) is 0 Å². The van der Waals surface area contributed by atoms with Crippen molar-refractivity contribution in [2.24, 2.45) is 0 Å². The molecule has 0 aliphatic heterocycles. The van der Waals surface area contributed by atoms with E-state index in [1.165, 1.54) is 25.1 Å². The van der Waals surface area contributed by atoms with E-state index in [2.05, 4.69) is 15.9 Å². The molecular formula is C15H13BrF2O2. The minimum atomic E-state index is -0.882. The summed E-state index contributed by atoms with van der Waals surface area (Å²) in [6, 6.07) is 8.82. The average molecular weight is 343 g/mol. The van der Waals surface area contributed by atoms with Gasteiger partial charge in [-0.15, -0.1) is 0 Å². The van der Waals surface area contributed by atoms with Crippen LogP contribution in [0.15, 0.2) is 40.9 Å². The van der Waals surface area contributed by atoms with Gasteiger partial charge in [0.1, 0.15) is 24.0 Å². The highest BCUT2D eigenvalue weighted by Crippen LogP contribution is 2.23. The maximum atomic E-state index is 13.6. The van der Waals surface area contributed by atoms with Crippen LogP contribution in [-0.2, 0) is 6.61 Å². The summed E-state index contributed by atoms with van der Waals surface area (Å²) >= 11 is 3.17. The Labute approximate surface area is 124 Å². The molecule has 2 aromatic rings. The first-order valence-corrected chi connectivity index (χ1v) is 6.81. The normalized spacial score (nSPS) is 12.2. The first-order chi connectivity index (χ1) is 9.47. The molecule has 0 amide bonds. The second-order valence-corrected chi connectivity index (χ2v) is 5.30. The molecule has 0 aromatic heterocycles. The maximum absolute atomic E-state index is 13.6. The molecule has 0 spiro atoms. The fourth-order valence-electron chi connectivity index (χ4n) is 1.74. The van der Waals surface area contributed by atoms with Gasteiger partial charge in [-0.3, -0.25) is 0 Å². The molecule has 0 aliphatic rings. The minimum absolute atomic E-state index is 0.00653. The Morgan fingerprint density at radius 1 is 1.15 bits per heavy atom. The second kappa shape index (κ2) is 6.33. The first kappa shape index (κ1) is 14.9. The summed E-state index contributed by atoms with van der Waals surface area (Å²) in [5.74, 6) is -0.650. The topological polar surface area (TPSA) is 29.5 Å². The highest BCUT2D eigenvalue weighted by Gasteiger charge is 2.10. The van der Waals surface area contributed by atoms with Crippen LogP contribution in [0.1, 0.15) is 24.2 Å². The lowest BCUT2D eigenvalue weighted by molar-refractivity contribution is 0.194. The van der Waals surface area contributed by atoms with Crippen LogP contribution < -0.4 is 4.74 Å². The summed E-state index contributed by atoms with van der Waals surface area (Å²) in [5, 5.41) is 9.33. The third-order valence-electron chi connectivity index (χ3n) is 2.83. The lowest BCUT2D eigenvalue weighted by atomic mass is 10.1. The van der Waals surface area contributed by atoms with Crippen LogP contribution in [0.3, 0.4) is 0 Å². The Balaban J connectivity index is 2.09. The molecule has 106 valence electrons. The number of hydrogen-bond donors (Lipinski definition) is 1. The fraction of sp³-hybridized carbons (Fsp3) is 0.200. The molecule has 0 saturated carbocycles. The SMILES string of the molecule is C[C@@H](O)c1ccc(OCc2ccc(Br)cc2F)cc1F. The minimum Gasteiger partial charge on any atom is -0.489 e. The summed E-state index contributed by atoms with van der Waals surface area (Å²) in [5.41, 5.74) is 0.584. The zero-order valence-electron chi connectivity index (χ0n) is 10.7. The molecule has 0 heterocycles. The third kappa shape index (κ3) is 3.55. The number of ether oxygens (including phenoxy) is 1. The fourth-order valence-corrected chi connectivity index (χ4v) is 2.07. The molecule has 5 heteroatoms. The van der Waals surface area contributed by atoms with Gasteiger partial charge in [-0.25, -0.2) is 8.78 Å². The lowest BCUT2D eigenvalue weighted by Gasteiger charge is -2.10. The van der Waals surface area contributed by atoms with Crippen molar-refractivity contribution in [1.82, 2.24) is 0 Å². The number of aliphatic hydroxyl groups is 1. The molecule has 0 radical (unpaired) electrons. The molecule has 0 saturated heterocycles. The predicted molar refractivity (Wildman–Crippen MR) is 75.5 cm³/mol.